The molecule has 1 aliphatic carbocycles. The Morgan fingerprint density at radius 3 is 2.86 bits per heavy atom. The van der Waals surface area contributed by atoms with Crippen LogP contribution in [0.4, 0.5) is 0 Å². The van der Waals surface area contributed by atoms with E-state index in [4.69, 9.17) is 4.98 Å². The van der Waals surface area contributed by atoms with E-state index in [-0.39, 0.29) is 0 Å². The van der Waals surface area contributed by atoms with Gasteiger partial charge in [0.05, 0.1) is 17.2 Å². The minimum atomic E-state index is 0.748. The topological polar surface area (TPSA) is 17.8 Å². The molecule has 3 aromatic rings. The first-order chi connectivity index (χ1) is 10.2. The van der Waals surface area contributed by atoms with Gasteiger partial charge < -0.3 is 4.57 Å². The largest absolute Gasteiger partial charge is 0.343 e. The van der Waals surface area contributed by atoms with Gasteiger partial charge in [0.25, 0.3) is 0 Å². The number of nitrogens with zero attached hydrogens (tertiary/aromatic N) is 2. The number of aryl methyl sites for hydroxylation is 1. The van der Waals surface area contributed by atoms with Gasteiger partial charge in [0.15, 0.2) is 0 Å². The SMILES string of the molecule is Cc1cc(-c2csc(C3CC3)n2)c(C)n1Cc1cccs1. The van der Waals surface area contributed by atoms with E-state index >= 15 is 0 Å². The van der Waals surface area contributed by atoms with Gasteiger partial charge in [0, 0.05) is 33.1 Å². The predicted octanol–water partition coefficient (Wildman–Crippen LogP) is 5.22. The summed E-state index contributed by atoms with van der Waals surface area (Å²) < 4.78 is 2.40. The van der Waals surface area contributed by atoms with Crippen molar-refractivity contribution >= 4 is 22.7 Å². The number of thiophene rings is 1. The van der Waals surface area contributed by atoms with Crippen LogP contribution in [0.2, 0.25) is 0 Å². The monoisotopic (exact) mass is 314 g/mol. The second kappa shape index (κ2) is 5.11. The summed E-state index contributed by atoms with van der Waals surface area (Å²) in [6.45, 7) is 5.37. The molecule has 21 heavy (non-hydrogen) atoms. The summed E-state index contributed by atoms with van der Waals surface area (Å²) in [6.07, 6.45) is 2.65. The normalized spacial score (nSPS) is 14.8. The van der Waals surface area contributed by atoms with Crippen LogP contribution < -0.4 is 0 Å². The van der Waals surface area contributed by atoms with Crippen molar-refractivity contribution in [2.45, 2.75) is 39.2 Å². The molecule has 0 amide bonds. The van der Waals surface area contributed by atoms with E-state index in [2.05, 4.69) is 47.4 Å². The molecule has 3 heterocycles. The summed E-state index contributed by atoms with van der Waals surface area (Å²) in [6, 6.07) is 6.61. The van der Waals surface area contributed by atoms with Crippen molar-refractivity contribution in [3.05, 3.63) is 50.2 Å². The zero-order chi connectivity index (χ0) is 14.4. The molecule has 0 saturated heterocycles. The van der Waals surface area contributed by atoms with E-state index in [9.17, 15) is 0 Å². The molecular formula is C17H18N2S2. The molecule has 0 radical (unpaired) electrons. The third-order valence-corrected chi connectivity index (χ3v) is 6.06. The van der Waals surface area contributed by atoms with Crippen LogP contribution in [0.5, 0.6) is 0 Å². The minimum Gasteiger partial charge on any atom is -0.343 e. The highest BCUT2D eigenvalue weighted by atomic mass is 32.1. The summed E-state index contributed by atoms with van der Waals surface area (Å²) >= 11 is 3.65. The Kier molecular flexibility index (Phi) is 3.23. The predicted molar refractivity (Wildman–Crippen MR) is 90.4 cm³/mol. The average molecular weight is 314 g/mol. The lowest BCUT2D eigenvalue weighted by molar-refractivity contribution is 0.760. The quantitative estimate of drug-likeness (QED) is 0.646. The first-order valence-corrected chi connectivity index (χ1v) is 9.13. The Morgan fingerprint density at radius 2 is 2.14 bits per heavy atom. The third-order valence-electron chi connectivity index (χ3n) is 4.19. The molecule has 0 unspecified atom stereocenters. The molecular weight excluding hydrogens is 296 g/mol. The van der Waals surface area contributed by atoms with E-state index in [1.165, 1.54) is 39.7 Å². The van der Waals surface area contributed by atoms with Gasteiger partial charge in [-0.15, -0.1) is 22.7 Å². The van der Waals surface area contributed by atoms with E-state index in [0.717, 1.165) is 18.2 Å². The molecule has 0 spiro atoms. The molecule has 0 aliphatic heterocycles. The van der Waals surface area contributed by atoms with E-state index in [1.54, 1.807) is 0 Å². The Balaban J connectivity index is 1.69. The summed E-state index contributed by atoms with van der Waals surface area (Å²) in [7, 11) is 0. The molecule has 1 fully saturated rings. The summed E-state index contributed by atoms with van der Waals surface area (Å²) in [4.78, 5) is 6.27. The maximum Gasteiger partial charge on any atom is 0.0963 e. The molecule has 0 aromatic carbocycles. The summed E-state index contributed by atoms with van der Waals surface area (Å²) in [5.74, 6) is 0.748. The van der Waals surface area contributed by atoms with Crippen LogP contribution in [0, 0.1) is 13.8 Å². The molecule has 108 valence electrons. The fraction of sp³-hybridized carbons (Fsp3) is 0.353. The molecule has 3 aromatic heterocycles. The number of thiazole rings is 1. The van der Waals surface area contributed by atoms with Crippen LogP contribution in [-0.4, -0.2) is 9.55 Å². The molecule has 4 rings (SSSR count). The smallest absolute Gasteiger partial charge is 0.0963 e. The van der Waals surface area contributed by atoms with Crippen molar-refractivity contribution in [1.82, 2.24) is 9.55 Å². The zero-order valence-corrected chi connectivity index (χ0v) is 13.9. The highest BCUT2D eigenvalue weighted by molar-refractivity contribution is 7.10. The fourth-order valence-corrected chi connectivity index (χ4v) is 4.48. The lowest BCUT2D eigenvalue weighted by atomic mass is 10.2. The maximum absolute atomic E-state index is 4.86. The van der Waals surface area contributed by atoms with Gasteiger partial charge in [0.1, 0.15) is 0 Å². The van der Waals surface area contributed by atoms with Crippen LogP contribution in [0.1, 0.15) is 40.0 Å². The third kappa shape index (κ3) is 2.47. The highest BCUT2D eigenvalue weighted by Gasteiger charge is 2.27. The lowest BCUT2D eigenvalue weighted by Gasteiger charge is -2.08. The van der Waals surface area contributed by atoms with E-state index in [1.807, 2.05) is 22.7 Å². The van der Waals surface area contributed by atoms with Crippen LogP contribution in [-0.2, 0) is 6.54 Å². The second-order valence-corrected chi connectivity index (χ2v) is 7.72. The first kappa shape index (κ1) is 13.3. The molecule has 2 nitrogen and oxygen atoms in total. The van der Waals surface area contributed by atoms with Crippen molar-refractivity contribution < 1.29 is 0 Å². The Morgan fingerprint density at radius 1 is 1.29 bits per heavy atom. The van der Waals surface area contributed by atoms with Gasteiger partial charge >= 0.3 is 0 Å². The first-order valence-electron chi connectivity index (χ1n) is 7.37. The van der Waals surface area contributed by atoms with Gasteiger partial charge in [-0.2, -0.15) is 0 Å². The fourth-order valence-electron chi connectivity index (χ4n) is 2.79. The molecule has 0 atom stereocenters. The van der Waals surface area contributed by atoms with Gasteiger partial charge in [0.2, 0.25) is 0 Å². The number of hydrogen-bond acceptors (Lipinski definition) is 3. The standard InChI is InChI=1S/C17H18N2S2/c1-11-8-15(16-10-21-17(18-16)13-5-6-13)12(2)19(11)9-14-4-3-7-20-14/h3-4,7-8,10,13H,5-6,9H2,1-2H3. The van der Waals surface area contributed by atoms with Gasteiger partial charge in [-0.25, -0.2) is 4.98 Å². The van der Waals surface area contributed by atoms with Gasteiger partial charge in [-0.3, -0.25) is 0 Å². The van der Waals surface area contributed by atoms with Crippen LogP contribution in [0.3, 0.4) is 0 Å². The van der Waals surface area contributed by atoms with Crippen molar-refractivity contribution in [3.63, 3.8) is 0 Å². The second-order valence-electron chi connectivity index (χ2n) is 5.80. The summed E-state index contributed by atoms with van der Waals surface area (Å²) in [5, 5.41) is 5.70. The molecule has 4 heteroatoms. The van der Waals surface area contributed by atoms with Crippen molar-refractivity contribution in [1.29, 1.82) is 0 Å². The van der Waals surface area contributed by atoms with Crippen molar-refractivity contribution in [3.8, 4) is 11.3 Å². The molecule has 1 saturated carbocycles. The summed E-state index contributed by atoms with van der Waals surface area (Å²) in [5.41, 5.74) is 5.10. The zero-order valence-electron chi connectivity index (χ0n) is 12.3. The molecule has 1 aliphatic rings. The van der Waals surface area contributed by atoms with Crippen LogP contribution in [0.25, 0.3) is 11.3 Å². The average Bonchev–Trinajstić information content (AvgIpc) is 2.90. The molecule has 0 bridgehead atoms. The Bertz CT molecular complexity index is 761. The van der Waals surface area contributed by atoms with Crippen LogP contribution in [0.15, 0.2) is 29.0 Å². The van der Waals surface area contributed by atoms with Gasteiger partial charge in [-0.1, -0.05) is 6.07 Å². The Hall–Kier alpha value is -1.39. The van der Waals surface area contributed by atoms with Crippen LogP contribution >= 0.6 is 22.7 Å². The Labute approximate surface area is 133 Å². The highest BCUT2D eigenvalue weighted by Crippen LogP contribution is 2.42. The maximum atomic E-state index is 4.86. The number of hydrogen-bond donors (Lipinski definition) is 0. The van der Waals surface area contributed by atoms with E-state index in [0.29, 0.717) is 0 Å². The van der Waals surface area contributed by atoms with Crippen molar-refractivity contribution in [2.24, 2.45) is 0 Å². The van der Waals surface area contributed by atoms with Crippen molar-refractivity contribution in [2.75, 3.05) is 0 Å². The molecule has 0 N–H and O–H groups in total. The van der Waals surface area contributed by atoms with E-state index < -0.39 is 0 Å². The minimum absolute atomic E-state index is 0.748. The number of aromatic nitrogens is 2. The number of rotatable bonds is 4. The lowest BCUT2D eigenvalue weighted by Crippen LogP contribution is -2.02. The van der Waals surface area contributed by atoms with Gasteiger partial charge in [-0.05, 0) is 44.2 Å².